The molecule has 4 aromatic heterocycles. The van der Waals surface area contributed by atoms with Gasteiger partial charge in [0, 0.05) is 58.4 Å². The number of rotatable bonds is 5. The molecule has 57 heavy (non-hydrogen) atoms. The van der Waals surface area contributed by atoms with Crippen LogP contribution in [0.1, 0.15) is 0 Å². The van der Waals surface area contributed by atoms with Crippen molar-refractivity contribution in [3.8, 4) is 56.4 Å². The van der Waals surface area contributed by atoms with E-state index in [4.69, 9.17) is 23.8 Å². The number of nitrogens with zero attached hydrogens (tertiary/aromatic N) is 3. The molecule has 0 atom stereocenters. The van der Waals surface area contributed by atoms with Crippen LogP contribution in [0.2, 0.25) is 0 Å². The van der Waals surface area contributed by atoms with Gasteiger partial charge in [-0.05, 0) is 65.2 Å². The molecule has 0 saturated carbocycles. The average Bonchev–Trinajstić information content (AvgIpc) is 3.97. The Bertz CT molecular complexity index is 3470. The molecule has 0 radical (unpaired) electrons. The molecule has 12 rings (SSSR count). The van der Waals surface area contributed by atoms with Crippen molar-refractivity contribution in [2.45, 2.75) is 0 Å². The van der Waals surface area contributed by atoms with Crippen LogP contribution >= 0.6 is 11.3 Å². The molecule has 0 aliphatic heterocycles. The highest BCUT2D eigenvalue weighted by Crippen LogP contribution is 2.43. The van der Waals surface area contributed by atoms with Crippen molar-refractivity contribution < 1.29 is 8.83 Å². The summed E-state index contributed by atoms with van der Waals surface area (Å²) in [4.78, 5) is 14.9. The minimum absolute atomic E-state index is 0.555. The predicted octanol–water partition coefficient (Wildman–Crippen LogP) is 14.4. The summed E-state index contributed by atoms with van der Waals surface area (Å²) >= 11 is 1.84. The summed E-state index contributed by atoms with van der Waals surface area (Å²) in [6.07, 6.45) is 0. The van der Waals surface area contributed by atoms with Gasteiger partial charge in [-0.3, -0.25) is 0 Å². The van der Waals surface area contributed by atoms with Crippen LogP contribution in [0.5, 0.6) is 0 Å². The van der Waals surface area contributed by atoms with Gasteiger partial charge in [-0.15, -0.1) is 11.3 Å². The summed E-state index contributed by atoms with van der Waals surface area (Å²) < 4.78 is 16.0. The van der Waals surface area contributed by atoms with Gasteiger partial charge >= 0.3 is 0 Å². The largest absolute Gasteiger partial charge is 0.455 e. The Hall–Kier alpha value is -7.41. The zero-order valence-corrected chi connectivity index (χ0v) is 31.1. The summed E-state index contributed by atoms with van der Waals surface area (Å²) in [6, 6.07) is 61.0. The third kappa shape index (κ3) is 5.19. The molecule has 0 bridgehead atoms. The number of benzene rings is 8. The van der Waals surface area contributed by atoms with Crippen LogP contribution in [0.15, 0.2) is 185 Å². The topological polar surface area (TPSA) is 65.0 Å². The van der Waals surface area contributed by atoms with E-state index in [0.717, 1.165) is 77.3 Å². The first-order valence-electron chi connectivity index (χ1n) is 18.9. The Labute approximate surface area is 330 Å². The standard InChI is InChI=1S/C51H29N3O2S/c1-3-12-30(13-4-1)49-52-50(31-14-5-2-6-15-31)54-51(53-49)40-19-11-18-39-36-24-23-33(28-44(36)56-47(39)40)41-26-34(27-42-35-16-7-9-20-43(35)55-48(41)42)32-22-25-38-37-17-8-10-21-45(37)57-46(38)29-32/h1-29H. The van der Waals surface area contributed by atoms with Gasteiger partial charge in [0.2, 0.25) is 0 Å². The Morgan fingerprint density at radius 1 is 0.316 bits per heavy atom. The van der Waals surface area contributed by atoms with Crippen molar-refractivity contribution in [2.75, 3.05) is 0 Å². The van der Waals surface area contributed by atoms with Gasteiger partial charge in [0.05, 0.1) is 5.56 Å². The maximum Gasteiger partial charge on any atom is 0.167 e. The molecule has 0 spiro atoms. The summed E-state index contributed by atoms with van der Waals surface area (Å²) in [7, 11) is 0. The van der Waals surface area contributed by atoms with E-state index in [-0.39, 0.29) is 0 Å². The van der Waals surface area contributed by atoms with Gasteiger partial charge in [0.15, 0.2) is 17.5 Å². The number of hydrogen-bond donors (Lipinski definition) is 0. The first-order valence-corrected chi connectivity index (χ1v) is 19.7. The van der Waals surface area contributed by atoms with Crippen LogP contribution in [0, 0.1) is 0 Å². The van der Waals surface area contributed by atoms with Crippen LogP contribution in [0.25, 0.3) is 120 Å². The lowest BCUT2D eigenvalue weighted by Gasteiger charge is -2.09. The molecule has 6 heteroatoms. The number of thiophene rings is 1. The predicted molar refractivity (Wildman–Crippen MR) is 234 cm³/mol. The Morgan fingerprint density at radius 3 is 1.72 bits per heavy atom. The van der Waals surface area contributed by atoms with Crippen LogP contribution in [-0.2, 0) is 0 Å². The van der Waals surface area contributed by atoms with Crippen molar-refractivity contribution in [3.05, 3.63) is 176 Å². The molecule has 4 heterocycles. The maximum atomic E-state index is 6.82. The van der Waals surface area contributed by atoms with Crippen molar-refractivity contribution in [3.63, 3.8) is 0 Å². The van der Waals surface area contributed by atoms with E-state index >= 15 is 0 Å². The number of fused-ring (bicyclic) bond motifs is 9. The SMILES string of the molecule is c1ccc(-c2nc(-c3ccccc3)nc(-c3cccc4c3oc3cc(-c5cc(-c6ccc7c(c6)sc6ccccc67)cc6c5oc5ccccc56)ccc34)n2)cc1. The van der Waals surface area contributed by atoms with Gasteiger partial charge in [0.1, 0.15) is 22.3 Å². The van der Waals surface area contributed by atoms with E-state index in [0.29, 0.717) is 17.5 Å². The maximum absolute atomic E-state index is 6.82. The molecule has 0 aliphatic carbocycles. The molecule has 0 N–H and O–H groups in total. The van der Waals surface area contributed by atoms with Crippen molar-refractivity contribution >= 4 is 75.4 Å². The lowest BCUT2D eigenvalue weighted by atomic mass is 9.95. The van der Waals surface area contributed by atoms with Gasteiger partial charge < -0.3 is 8.83 Å². The molecule has 0 aliphatic rings. The fraction of sp³-hybridized carbons (Fsp3) is 0. The summed E-state index contributed by atoms with van der Waals surface area (Å²) in [6.45, 7) is 0. The van der Waals surface area contributed by atoms with Gasteiger partial charge in [0.25, 0.3) is 0 Å². The highest BCUT2D eigenvalue weighted by Gasteiger charge is 2.20. The monoisotopic (exact) mass is 747 g/mol. The smallest absolute Gasteiger partial charge is 0.167 e. The van der Waals surface area contributed by atoms with Crippen LogP contribution in [0.4, 0.5) is 0 Å². The molecular formula is C51H29N3O2S. The third-order valence-corrected chi connectivity index (χ3v) is 12.1. The van der Waals surface area contributed by atoms with Crippen molar-refractivity contribution in [1.29, 1.82) is 0 Å². The molecule has 8 aromatic carbocycles. The molecule has 266 valence electrons. The minimum Gasteiger partial charge on any atom is -0.455 e. The molecular weight excluding hydrogens is 719 g/mol. The summed E-state index contributed by atoms with van der Waals surface area (Å²) in [5.74, 6) is 1.77. The first kappa shape index (κ1) is 31.9. The van der Waals surface area contributed by atoms with E-state index in [1.165, 1.54) is 25.7 Å². The van der Waals surface area contributed by atoms with E-state index in [1.807, 2.05) is 96.3 Å². The van der Waals surface area contributed by atoms with Crippen LogP contribution in [-0.4, -0.2) is 15.0 Å². The normalized spacial score (nSPS) is 11.9. The number of para-hydroxylation sites is 2. The Kier molecular flexibility index (Phi) is 7.03. The van der Waals surface area contributed by atoms with E-state index in [1.54, 1.807) is 0 Å². The molecule has 0 unspecified atom stereocenters. The quantitative estimate of drug-likeness (QED) is 0.175. The first-order chi connectivity index (χ1) is 28.2. The van der Waals surface area contributed by atoms with E-state index < -0.39 is 0 Å². The highest BCUT2D eigenvalue weighted by molar-refractivity contribution is 7.25. The highest BCUT2D eigenvalue weighted by atomic mass is 32.1. The second-order valence-corrected chi connectivity index (χ2v) is 15.4. The van der Waals surface area contributed by atoms with Gasteiger partial charge in [-0.1, -0.05) is 127 Å². The van der Waals surface area contributed by atoms with Crippen LogP contribution in [0.3, 0.4) is 0 Å². The second kappa shape index (κ2) is 12.6. The zero-order valence-electron chi connectivity index (χ0n) is 30.3. The number of furan rings is 2. The van der Waals surface area contributed by atoms with Crippen molar-refractivity contribution in [2.24, 2.45) is 0 Å². The fourth-order valence-electron chi connectivity index (χ4n) is 8.18. The van der Waals surface area contributed by atoms with Gasteiger partial charge in [-0.2, -0.15) is 0 Å². The van der Waals surface area contributed by atoms with E-state index in [2.05, 4.69) is 91.0 Å². The molecule has 0 saturated heterocycles. The van der Waals surface area contributed by atoms with Crippen LogP contribution < -0.4 is 0 Å². The fourth-order valence-corrected chi connectivity index (χ4v) is 9.33. The molecule has 0 fully saturated rings. The third-order valence-electron chi connectivity index (χ3n) is 10.9. The number of hydrogen-bond acceptors (Lipinski definition) is 6. The number of aromatic nitrogens is 3. The second-order valence-electron chi connectivity index (χ2n) is 14.3. The molecule has 0 amide bonds. The van der Waals surface area contributed by atoms with Gasteiger partial charge in [-0.25, -0.2) is 15.0 Å². The van der Waals surface area contributed by atoms with E-state index in [9.17, 15) is 0 Å². The Morgan fingerprint density at radius 2 is 0.912 bits per heavy atom. The molecule has 12 aromatic rings. The average molecular weight is 748 g/mol. The summed E-state index contributed by atoms with van der Waals surface area (Å²) in [5, 5.41) is 6.77. The lowest BCUT2D eigenvalue weighted by Crippen LogP contribution is -2.00. The van der Waals surface area contributed by atoms with Crippen molar-refractivity contribution in [1.82, 2.24) is 15.0 Å². The zero-order chi connectivity index (χ0) is 37.5. The summed E-state index contributed by atoms with van der Waals surface area (Å²) in [5.41, 5.74) is 10.2. The molecule has 5 nitrogen and oxygen atoms in total. The minimum atomic E-state index is 0.555. The lowest BCUT2D eigenvalue weighted by molar-refractivity contribution is 0.668. The Balaban J connectivity index is 1.04.